The van der Waals surface area contributed by atoms with Crippen LogP contribution in [0.5, 0.6) is 0 Å². The number of para-hydroxylation sites is 2. The summed E-state index contributed by atoms with van der Waals surface area (Å²) in [6.07, 6.45) is 3.44. The Hall–Kier alpha value is -6.21. The Kier molecular flexibility index (Phi) is 5.36. The second kappa shape index (κ2) is 9.68. The smallest absolute Gasteiger partial charge is 0.238 e. The fourth-order valence-corrected chi connectivity index (χ4v) is 6.24. The van der Waals surface area contributed by atoms with Crippen LogP contribution < -0.4 is 0 Å². The minimum Gasteiger partial charge on any atom is -0.309 e. The largest absolute Gasteiger partial charge is 0.309 e. The topological polar surface area (TPSA) is 74.3 Å². The molecule has 0 unspecified atom stereocenters. The molecule has 0 spiro atoms. The van der Waals surface area contributed by atoms with Crippen molar-refractivity contribution in [1.82, 2.24) is 34.1 Å². The lowest BCUT2D eigenvalue weighted by Crippen LogP contribution is -2.06. The molecule has 0 fully saturated rings. The van der Waals surface area contributed by atoms with Crippen LogP contribution in [-0.2, 0) is 0 Å². The van der Waals surface area contributed by atoms with Crippen LogP contribution in [0.25, 0.3) is 78.2 Å². The molecule has 0 bridgehead atoms. The van der Waals surface area contributed by atoms with Gasteiger partial charge in [0.15, 0.2) is 11.6 Å². The number of fused-ring (bicyclic) bond motifs is 7. The lowest BCUT2D eigenvalue weighted by atomic mass is 10.1. The van der Waals surface area contributed by atoms with E-state index in [4.69, 9.17) is 19.9 Å². The molecule has 0 aliphatic rings. The van der Waals surface area contributed by atoms with Gasteiger partial charge in [0.25, 0.3) is 0 Å². The van der Waals surface area contributed by atoms with Gasteiger partial charge in [0, 0.05) is 33.0 Å². The van der Waals surface area contributed by atoms with Gasteiger partial charge in [-0.05, 0) is 30.3 Å². The van der Waals surface area contributed by atoms with Gasteiger partial charge in [-0.3, -0.25) is 4.57 Å². The molecular formula is C37H23N7. The van der Waals surface area contributed by atoms with Crippen LogP contribution in [0.2, 0.25) is 0 Å². The van der Waals surface area contributed by atoms with Crippen molar-refractivity contribution in [2.75, 3.05) is 0 Å². The molecule has 7 heteroatoms. The molecule has 0 aliphatic carbocycles. The zero-order chi connectivity index (χ0) is 29.0. The summed E-state index contributed by atoms with van der Waals surface area (Å²) in [5.74, 6) is 1.71. The van der Waals surface area contributed by atoms with Gasteiger partial charge in [0.1, 0.15) is 6.33 Å². The van der Waals surface area contributed by atoms with Gasteiger partial charge in [0.05, 0.1) is 33.8 Å². The van der Waals surface area contributed by atoms with Crippen LogP contribution in [0.1, 0.15) is 0 Å². The number of benzene rings is 5. The SMILES string of the molecule is c1ccc(-c2nc(-c3ccccc3)nc(-n3c4cncnc4c4ccc5c(c6ccccc6n5-c5ccccc5)c43)n2)cc1. The molecule has 0 N–H and O–H groups in total. The van der Waals surface area contributed by atoms with Gasteiger partial charge in [0.2, 0.25) is 5.95 Å². The van der Waals surface area contributed by atoms with Gasteiger partial charge in [-0.15, -0.1) is 0 Å². The highest BCUT2D eigenvalue weighted by Crippen LogP contribution is 2.41. The molecule has 4 heterocycles. The van der Waals surface area contributed by atoms with E-state index in [1.165, 1.54) is 0 Å². The van der Waals surface area contributed by atoms with E-state index in [1.807, 2.05) is 72.9 Å². The van der Waals surface area contributed by atoms with Crippen LogP contribution in [0.15, 0.2) is 140 Å². The Morgan fingerprint density at radius 3 is 1.82 bits per heavy atom. The Bertz CT molecular complexity index is 2420. The standard InChI is InChI=1S/C37H23N7/c1-4-12-24(13-5-1)35-40-36(25-14-6-2-7-15-25)42-37(41-35)44-31-22-38-23-39-33(31)28-20-21-30-32(34(28)44)27-18-10-11-19-29(27)43(30)26-16-8-3-9-17-26/h1-23H. The van der Waals surface area contributed by atoms with Crippen molar-refractivity contribution in [3.8, 4) is 34.4 Å². The van der Waals surface area contributed by atoms with E-state index in [0.717, 1.165) is 60.6 Å². The van der Waals surface area contributed by atoms with Crippen molar-refractivity contribution < 1.29 is 0 Å². The van der Waals surface area contributed by atoms with Gasteiger partial charge in [-0.1, -0.05) is 97.1 Å². The average molecular weight is 566 g/mol. The molecule has 7 nitrogen and oxygen atoms in total. The summed E-state index contributed by atoms with van der Waals surface area (Å²) in [6.45, 7) is 0. The normalized spacial score (nSPS) is 11.6. The van der Waals surface area contributed by atoms with Crippen molar-refractivity contribution in [3.05, 3.63) is 140 Å². The Labute approximate surface area is 251 Å². The van der Waals surface area contributed by atoms with Crippen molar-refractivity contribution >= 4 is 43.7 Å². The summed E-state index contributed by atoms with van der Waals surface area (Å²) in [5.41, 5.74) is 7.78. The van der Waals surface area contributed by atoms with E-state index in [-0.39, 0.29) is 0 Å². The third-order valence-electron chi connectivity index (χ3n) is 8.13. The summed E-state index contributed by atoms with van der Waals surface area (Å²) < 4.78 is 4.42. The second-order valence-corrected chi connectivity index (χ2v) is 10.7. The van der Waals surface area contributed by atoms with E-state index >= 15 is 0 Å². The Morgan fingerprint density at radius 1 is 0.477 bits per heavy atom. The molecular weight excluding hydrogens is 542 g/mol. The number of nitrogens with zero attached hydrogens (tertiary/aromatic N) is 7. The molecule has 0 atom stereocenters. The first-order chi connectivity index (χ1) is 21.8. The molecule has 4 aromatic heterocycles. The van der Waals surface area contributed by atoms with Crippen LogP contribution in [0, 0.1) is 0 Å². The number of rotatable bonds is 4. The van der Waals surface area contributed by atoms with Gasteiger partial charge in [-0.25, -0.2) is 15.0 Å². The zero-order valence-electron chi connectivity index (χ0n) is 23.4. The Balaban J connectivity index is 1.46. The molecule has 0 aliphatic heterocycles. The third-order valence-corrected chi connectivity index (χ3v) is 8.13. The number of aromatic nitrogens is 7. The molecule has 0 saturated carbocycles. The predicted octanol–water partition coefficient (Wildman–Crippen LogP) is 8.19. The Morgan fingerprint density at radius 2 is 1.11 bits per heavy atom. The molecule has 9 aromatic rings. The van der Waals surface area contributed by atoms with Crippen molar-refractivity contribution in [2.24, 2.45) is 0 Å². The van der Waals surface area contributed by atoms with E-state index in [2.05, 4.69) is 74.8 Å². The first kappa shape index (κ1) is 24.4. The van der Waals surface area contributed by atoms with Crippen LogP contribution in [-0.4, -0.2) is 34.1 Å². The maximum atomic E-state index is 5.10. The van der Waals surface area contributed by atoms with Crippen molar-refractivity contribution in [3.63, 3.8) is 0 Å². The van der Waals surface area contributed by atoms with Crippen molar-refractivity contribution in [1.29, 1.82) is 0 Å². The lowest BCUT2D eigenvalue weighted by molar-refractivity contribution is 0.952. The molecule has 0 radical (unpaired) electrons. The fourth-order valence-electron chi connectivity index (χ4n) is 6.24. The minimum atomic E-state index is 0.511. The molecule has 0 saturated heterocycles. The van der Waals surface area contributed by atoms with E-state index < -0.39 is 0 Å². The molecule has 5 aromatic carbocycles. The van der Waals surface area contributed by atoms with E-state index in [0.29, 0.717) is 17.6 Å². The third kappa shape index (κ3) is 3.66. The maximum absolute atomic E-state index is 5.10. The highest BCUT2D eigenvalue weighted by molar-refractivity contribution is 6.25. The molecule has 44 heavy (non-hydrogen) atoms. The quantitative estimate of drug-likeness (QED) is 0.215. The maximum Gasteiger partial charge on any atom is 0.238 e. The second-order valence-electron chi connectivity index (χ2n) is 10.7. The zero-order valence-corrected chi connectivity index (χ0v) is 23.4. The first-order valence-corrected chi connectivity index (χ1v) is 14.4. The van der Waals surface area contributed by atoms with E-state index in [1.54, 1.807) is 6.33 Å². The summed E-state index contributed by atoms with van der Waals surface area (Å²) in [6, 6.07) is 43.4. The van der Waals surface area contributed by atoms with Crippen molar-refractivity contribution in [2.45, 2.75) is 0 Å². The minimum absolute atomic E-state index is 0.511. The summed E-state index contributed by atoms with van der Waals surface area (Å²) in [4.78, 5) is 24.3. The monoisotopic (exact) mass is 565 g/mol. The number of hydrogen-bond donors (Lipinski definition) is 0. The lowest BCUT2D eigenvalue weighted by Gasteiger charge is -2.11. The van der Waals surface area contributed by atoms with E-state index in [9.17, 15) is 0 Å². The summed E-state index contributed by atoms with van der Waals surface area (Å²) in [7, 11) is 0. The fraction of sp³-hybridized carbons (Fsp3) is 0. The van der Waals surface area contributed by atoms with Gasteiger partial charge < -0.3 is 4.57 Å². The highest BCUT2D eigenvalue weighted by atomic mass is 15.2. The van der Waals surface area contributed by atoms with Crippen LogP contribution >= 0.6 is 0 Å². The summed E-state index contributed by atoms with van der Waals surface area (Å²) >= 11 is 0. The molecule has 206 valence electrons. The number of hydrogen-bond acceptors (Lipinski definition) is 5. The first-order valence-electron chi connectivity index (χ1n) is 14.4. The van der Waals surface area contributed by atoms with Crippen LogP contribution in [0.3, 0.4) is 0 Å². The molecule has 0 amide bonds. The highest BCUT2D eigenvalue weighted by Gasteiger charge is 2.23. The van der Waals surface area contributed by atoms with Gasteiger partial charge >= 0.3 is 0 Å². The average Bonchev–Trinajstić information content (AvgIpc) is 3.62. The predicted molar refractivity (Wildman–Crippen MR) is 175 cm³/mol. The molecule has 9 rings (SSSR count). The van der Waals surface area contributed by atoms with Gasteiger partial charge in [-0.2, -0.15) is 9.97 Å². The van der Waals surface area contributed by atoms with Crippen LogP contribution in [0.4, 0.5) is 0 Å². The summed E-state index contributed by atoms with van der Waals surface area (Å²) in [5, 5.41) is 3.24.